The lowest BCUT2D eigenvalue weighted by atomic mass is 10.1. The summed E-state index contributed by atoms with van der Waals surface area (Å²) in [6.07, 6.45) is 6.58. The summed E-state index contributed by atoms with van der Waals surface area (Å²) in [4.78, 5) is 0.165. The fourth-order valence-corrected chi connectivity index (χ4v) is 4.18. The van der Waals surface area contributed by atoms with Crippen molar-refractivity contribution >= 4 is 42.0 Å². The van der Waals surface area contributed by atoms with Crippen molar-refractivity contribution in [3.8, 4) is 0 Å². The molecule has 0 aromatic heterocycles. The van der Waals surface area contributed by atoms with Gasteiger partial charge in [-0.2, -0.15) is 8.42 Å². The zero-order valence-corrected chi connectivity index (χ0v) is 15.6. The van der Waals surface area contributed by atoms with Crippen molar-refractivity contribution < 1.29 is 12.6 Å². The van der Waals surface area contributed by atoms with E-state index in [9.17, 15) is 8.42 Å². The van der Waals surface area contributed by atoms with Gasteiger partial charge in [-0.3, -0.25) is 4.18 Å². The third-order valence-corrected chi connectivity index (χ3v) is 5.70. The molecule has 0 saturated heterocycles. The van der Waals surface area contributed by atoms with Crippen LogP contribution in [0.1, 0.15) is 45.4 Å². The van der Waals surface area contributed by atoms with Gasteiger partial charge in [-0.1, -0.05) is 55.0 Å². The fourth-order valence-electron chi connectivity index (χ4n) is 1.78. The highest BCUT2D eigenvalue weighted by Gasteiger charge is 2.18. The van der Waals surface area contributed by atoms with Crippen molar-refractivity contribution in [3.63, 3.8) is 0 Å². The molecule has 0 amide bonds. The molecule has 0 spiro atoms. The summed E-state index contributed by atoms with van der Waals surface area (Å²) < 4.78 is 30.4. The summed E-state index contributed by atoms with van der Waals surface area (Å²) in [6, 6.07) is 5.00. The van der Waals surface area contributed by atoms with Crippen LogP contribution in [0.4, 0.5) is 0 Å². The Kier molecular flexibility index (Phi) is 8.32. The first-order valence-electron chi connectivity index (χ1n) is 6.82. The third kappa shape index (κ3) is 6.24. The van der Waals surface area contributed by atoms with Crippen LogP contribution in [0.3, 0.4) is 0 Å². The largest absolute Gasteiger partial charge is 0.298 e. The minimum atomic E-state index is -3.69. The normalized spacial score (nSPS) is 11.8. The quantitative estimate of drug-likeness (QED) is 0.397. The van der Waals surface area contributed by atoms with E-state index >= 15 is 0 Å². The van der Waals surface area contributed by atoms with Crippen LogP contribution in [0.2, 0.25) is 0 Å². The Morgan fingerprint density at radius 3 is 2.40 bits per heavy atom. The Balaban J connectivity index is 2.44. The zero-order chi connectivity index (χ0) is 15.0. The molecule has 0 fully saturated rings. The van der Waals surface area contributed by atoms with Gasteiger partial charge < -0.3 is 0 Å². The van der Waals surface area contributed by atoms with Gasteiger partial charge in [0.15, 0.2) is 0 Å². The van der Waals surface area contributed by atoms with Crippen molar-refractivity contribution in [1.29, 1.82) is 0 Å². The first kappa shape index (κ1) is 18.1. The summed E-state index contributed by atoms with van der Waals surface area (Å²) in [7, 11) is -3.69. The van der Waals surface area contributed by atoms with Crippen molar-refractivity contribution in [1.82, 2.24) is 0 Å². The van der Waals surface area contributed by atoms with Gasteiger partial charge >= 0.3 is 0 Å². The van der Waals surface area contributed by atoms with Gasteiger partial charge in [-0.25, -0.2) is 0 Å². The van der Waals surface area contributed by atoms with Gasteiger partial charge in [0.25, 0.3) is 10.1 Å². The minimum Gasteiger partial charge on any atom is -0.266 e. The molecule has 0 unspecified atom stereocenters. The molecule has 0 N–H and O–H groups in total. The average molecular weight is 428 g/mol. The van der Waals surface area contributed by atoms with Gasteiger partial charge in [-0.15, -0.1) is 0 Å². The Morgan fingerprint density at radius 2 is 1.70 bits per heavy atom. The van der Waals surface area contributed by atoms with Gasteiger partial charge in [0.1, 0.15) is 4.90 Å². The first-order valence-corrected chi connectivity index (χ1v) is 9.81. The summed E-state index contributed by atoms with van der Waals surface area (Å²) >= 11 is 6.50. The maximum absolute atomic E-state index is 12.1. The van der Waals surface area contributed by atoms with E-state index in [2.05, 4.69) is 38.8 Å². The molecule has 1 aromatic carbocycles. The molecule has 3 nitrogen and oxygen atoms in total. The van der Waals surface area contributed by atoms with Gasteiger partial charge in [0, 0.05) is 8.95 Å². The number of hydrogen-bond acceptors (Lipinski definition) is 3. The minimum absolute atomic E-state index is 0.165. The number of rotatable bonds is 9. The fraction of sp³-hybridized carbons (Fsp3) is 0.571. The summed E-state index contributed by atoms with van der Waals surface area (Å²) in [5, 5.41) is 0. The lowest BCUT2D eigenvalue weighted by molar-refractivity contribution is 0.306. The Labute approximate surface area is 138 Å². The van der Waals surface area contributed by atoms with Crippen LogP contribution < -0.4 is 0 Å². The van der Waals surface area contributed by atoms with Crippen LogP contribution in [-0.4, -0.2) is 15.0 Å². The Hall–Kier alpha value is 0.0900. The molecule has 1 rings (SSSR count). The SMILES string of the molecule is CCCCCCCCOS(=O)(=O)c1cc(Br)ccc1Br. The highest BCUT2D eigenvalue weighted by atomic mass is 79.9. The van der Waals surface area contributed by atoms with E-state index in [-0.39, 0.29) is 11.5 Å². The number of hydrogen-bond donors (Lipinski definition) is 0. The summed E-state index contributed by atoms with van der Waals surface area (Å²) in [6.45, 7) is 2.42. The molecule has 0 radical (unpaired) electrons. The third-order valence-electron chi connectivity index (χ3n) is 2.90. The first-order chi connectivity index (χ1) is 9.47. The van der Waals surface area contributed by atoms with Gasteiger partial charge in [0.2, 0.25) is 0 Å². The van der Waals surface area contributed by atoms with Crippen molar-refractivity contribution in [2.75, 3.05) is 6.61 Å². The van der Waals surface area contributed by atoms with Crippen molar-refractivity contribution in [2.24, 2.45) is 0 Å². The van der Waals surface area contributed by atoms with Crippen LogP contribution >= 0.6 is 31.9 Å². The second-order valence-corrected chi connectivity index (χ2v) is 7.97. The predicted octanol–water partition coefficient (Wildman–Crippen LogP) is 5.28. The van der Waals surface area contributed by atoms with Crippen molar-refractivity contribution in [3.05, 3.63) is 27.1 Å². The van der Waals surface area contributed by atoms with Crippen LogP contribution in [0.15, 0.2) is 32.0 Å². The Morgan fingerprint density at radius 1 is 1.05 bits per heavy atom. The molecule has 0 aliphatic rings. The average Bonchev–Trinajstić information content (AvgIpc) is 2.40. The van der Waals surface area contributed by atoms with E-state index in [1.165, 1.54) is 19.3 Å². The zero-order valence-electron chi connectivity index (χ0n) is 11.6. The molecule has 0 saturated carbocycles. The molecule has 114 valence electrons. The van der Waals surface area contributed by atoms with Crippen LogP contribution in [-0.2, 0) is 14.3 Å². The monoisotopic (exact) mass is 426 g/mol. The molecule has 1 aromatic rings. The number of benzene rings is 1. The van der Waals surface area contributed by atoms with E-state index < -0.39 is 10.1 Å². The summed E-state index contributed by atoms with van der Waals surface area (Å²) in [5.41, 5.74) is 0. The Bertz CT molecular complexity index is 515. The maximum Gasteiger partial charge on any atom is 0.298 e. The molecule has 0 heterocycles. The van der Waals surface area contributed by atoms with Crippen LogP contribution in [0, 0.1) is 0 Å². The van der Waals surface area contributed by atoms with Crippen LogP contribution in [0.25, 0.3) is 0 Å². The topological polar surface area (TPSA) is 43.4 Å². The highest BCUT2D eigenvalue weighted by Crippen LogP contribution is 2.27. The van der Waals surface area contributed by atoms with Crippen molar-refractivity contribution in [2.45, 2.75) is 50.3 Å². The molecule has 0 atom stereocenters. The molecular formula is C14H20Br2O3S. The molecular weight excluding hydrogens is 408 g/mol. The molecule has 0 bridgehead atoms. The highest BCUT2D eigenvalue weighted by molar-refractivity contribution is 9.11. The molecule has 0 aliphatic carbocycles. The van der Waals surface area contributed by atoms with Gasteiger partial charge in [-0.05, 0) is 40.5 Å². The lowest BCUT2D eigenvalue weighted by Gasteiger charge is -2.08. The van der Waals surface area contributed by atoms with E-state index in [0.717, 1.165) is 19.3 Å². The summed E-state index contributed by atoms with van der Waals surface area (Å²) in [5.74, 6) is 0. The molecule has 0 aliphatic heterocycles. The van der Waals surface area contributed by atoms with E-state index in [0.29, 0.717) is 8.95 Å². The number of halogens is 2. The van der Waals surface area contributed by atoms with E-state index in [1.54, 1.807) is 18.2 Å². The number of unbranched alkanes of at least 4 members (excludes halogenated alkanes) is 5. The second kappa shape index (κ2) is 9.18. The predicted molar refractivity (Wildman–Crippen MR) is 88.4 cm³/mol. The van der Waals surface area contributed by atoms with E-state index in [4.69, 9.17) is 4.18 Å². The molecule has 20 heavy (non-hydrogen) atoms. The second-order valence-electron chi connectivity index (χ2n) is 4.62. The van der Waals surface area contributed by atoms with Gasteiger partial charge in [0.05, 0.1) is 6.61 Å². The van der Waals surface area contributed by atoms with Crippen LogP contribution in [0.5, 0.6) is 0 Å². The maximum atomic E-state index is 12.1. The van der Waals surface area contributed by atoms with E-state index in [1.807, 2.05) is 0 Å². The smallest absolute Gasteiger partial charge is 0.266 e. The standard InChI is InChI=1S/C14H20Br2O3S/c1-2-3-4-5-6-7-10-19-20(17,18)14-11-12(15)8-9-13(14)16/h8-9,11H,2-7,10H2,1H3. The molecule has 6 heteroatoms. The lowest BCUT2D eigenvalue weighted by Crippen LogP contribution is -2.08.